The van der Waals surface area contributed by atoms with Crippen molar-refractivity contribution in [2.45, 2.75) is 5.41 Å². The number of aromatic nitrogens is 1. The van der Waals surface area contributed by atoms with Crippen LogP contribution in [0.25, 0.3) is 66.1 Å². The van der Waals surface area contributed by atoms with E-state index in [9.17, 15) is 0 Å². The Morgan fingerprint density at radius 3 is 1.65 bits per heavy atom. The molecule has 0 atom stereocenters. The summed E-state index contributed by atoms with van der Waals surface area (Å²) in [6.07, 6.45) is 1.91. The van der Waals surface area contributed by atoms with E-state index < -0.39 is 5.41 Å². The summed E-state index contributed by atoms with van der Waals surface area (Å²) in [5.74, 6) is 0.753. The third-order valence-corrected chi connectivity index (χ3v) is 11.9. The van der Waals surface area contributed by atoms with Gasteiger partial charge in [0.1, 0.15) is 5.58 Å². The number of hydrogen-bond donors (Lipinski definition) is 0. The standard InChI is InChI=1S/C52H32N2O/c1-2-12-33(13-3-1)34-22-24-37(25-23-34)54(51-50-42(28-29-53-51)44-30-35-14-4-5-15-36(35)31-49(44)55-50)38-26-27-48-43(32-38)41-18-8-11-21-47(41)52(48)45-19-9-6-16-39(45)40-17-7-10-20-46(40)52/h1-32H. The number of benzene rings is 8. The summed E-state index contributed by atoms with van der Waals surface area (Å²) in [7, 11) is 0. The lowest BCUT2D eigenvalue weighted by Crippen LogP contribution is -2.25. The Labute approximate surface area is 318 Å². The third kappa shape index (κ3) is 4.18. The summed E-state index contributed by atoms with van der Waals surface area (Å²) in [4.78, 5) is 7.37. The van der Waals surface area contributed by atoms with Crippen molar-refractivity contribution < 1.29 is 4.42 Å². The molecule has 0 N–H and O–H groups in total. The molecule has 2 aliphatic carbocycles. The van der Waals surface area contributed by atoms with Gasteiger partial charge in [0, 0.05) is 28.3 Å². The summed E-state index contributed by atoms with van der Waals surface area (Å²) in [5.41, 5.74) is 16.0. The van der Waals surface area contributed by atoms with Crippen molar-refractivity contribution in [1.29, 1.82) is 0 Å². The largest absolute Gasteiger partial charge is 0.452 e. The van der Waals surface area contributed by atoms with Crippen LogP contribution in [-0.4, -0.2) is 4.98 Å². The highest BCUT2D eigenvalue weighted by Gasteiger charge is 2.51. The molecule has 0 aliphatic heterocycles. The Balaban J connectivity index is 1.11. The SMILES string of the molecule is c1ccc(-c2ccc(N(c3ccc4c(c3)-c3ccccc3C43c4ccccc4-c4ccccc43)c3nccc4c3oc3cc5ccccc5cc34)cc2)cc1. The minimum Gasteiger partial charge on any atom is -0.452 e. The van der Waals surface area contributed by atoms with E-state index in [1.54, 1.807) is 0 Å². The molecule has 0 saturated carbocycles. The quantitative estimate of drug-likeness (QED) is 0.183. The maximum absolute atomic E-state index is 6.81. The van der Waals surface area contributed by atoms with Crippen molar-refractivity contribution in [3.8, 4) is 33.4 Å². The highest BCUT2D eigenvalue weighted by atomic mass is 16.3. The maximum Gasteiger partial charge on any atom is 0.181 e. The molecule has 10 aromatic rings. The average molecular weight is 701 g/mol. The predicted octanol–water partition coefficient (Wildman–Crippen LogP) is 13.6. The number of pyridine rings is 1. The Hall–Kier alpha value is -7.23. The molecule has 3 heteroatoms. The van der Waals surface area contributed by atoms with Crippen LogP contribution in [-0.2, 0) is 5.41 Å². The van der Waals surface area contributed by atoms with Gasteiger partial charge in [0.25, 0.3) is 0 Å². The van der Waals surface area contributed by atoms with Gasteiger partial charge < -0.3 is 4.42 Å². The number of anilines is 3. The fourth-order valence-corrected chi connectivity index (χ4v) is 9.59. The second-order valence-electron chi connectivity index (χ2n) is 14.7. The molecule has 1 spiro atoms. The summed E-state index contributed by atoms with van der Waals surface area (Å²) in [5, 5.41) is 4.46. The van der Waals surface area contributed by atoms with Crippen LogP contribution in [0.1, 0.15) is 22.3 Å². The van der Waals surface area contributed by atoms with Crippen LogP contribution in [0, 0.1) is 0 Å². The van der Waals surface area contributed by atoms with Crippen molar-refractivity contribution in [3.05, 3.63) is 217 Å². The van der Waals surface area contributed by atoms with Crippen LogP contribution in [0.15, 0.2) is 199 Å². The van der Waals surface area contributed by atoms with Crippen LogP contribution in [0.5, 0.6) is 0 Å². The fraction of sp³-hybridized carbons (Fsp3) is 0.0192. The zero-order valence-electron chi connectivity index (χ0n) is 29.8. The molecule has 0 saturated heterocycles. The average Bonchev–Trinajstić information content (AvgIpc) is 3.87. The Morgan fingerprint density at radius 1 is 0.418 bits per heavy atom. The van der Waals surface area contributed by atoms with Gasteiger partial charge in [-0.3, -0.25) is 4.90 Å². The number of furan rings is 1. The molecule has 12 rings (SSSR count). The summed E-state index contributed by atoms with van der Waals surface area (Å²) >= 11 is 0. The van der Waals surface area contributed by atoms with Crippen molar-refractivity contribution in [2.24, 2.45) is 0 Å². The van der Waals surface area contributed by atoms with Gasteiger partial charge in [-0.2, -0.15) is 0 Å². The first-order valence-corrected chi connectivity index (χ1v) is 18.9. The predicted molar refractivity (Wildman–Crippen MR) is 225 cm³/mol. The smallest absolute Gasteiger partial charge is 0.181 e. The molecule has 0 bridgehead atoms. The fourth-order valence-electron chi connectivity index (χ4n) is 9.59. The molecule has 55 heavy (non-hydrogen) atoms. The number of rotatable bonds is 4. The second kappa shape index (κ2) is 11.4. The number of hydrogen-bond acceptors (Lipinski definition) is 3. The van der Waals surface area contributed by atoms with Crippen molar-refractivity contribution in [1.82, 2.24) is 4.98 Å². The van der Waals surface area contributed by atoms with Gasteiger partial charge in [-0.15, -0.1) is 0 Å². The highest BCUT2D eigenvalue weighted by molar-refractivity contribution is 6.13. The lowest BCUT2D eigenvalue weighted by molar-refractivity contribution is 0.667. The van der Waals surface area contributed by atoms with E-state index in [1.807, 2.05) is 6.20 Å². The molecule has 3 nitrogen and oxygen atoms in total. The third-order valence-electron chi connectivity index (χ3n) is 11.9. The van der Waals surface area contributed by atoms with Crippen molar-refractivity contribution in [2.75, 3.05) is 4.90 Å². The Kier molecular flexibility index (Phi) is 6.26. The Morgan fingerprint density at radius 2 is 0.964 bits per heavy atom. The van der Waals surface area contributed by atoms with E-state index in [0.29, 0.717) is 0 Å². The minimum absolute atomic E-state index is 0.404. The summed E-state index contributed by atoms with van der Waals surface area (Å²) < 4.78 is 6.81. The van der Waals surface area contributed by atoms with E-state index in [1.165, 1.54) is 55.5 Å². The van der Waals surface area contributed by atoms with Crippen LogP contribution in [0.2, 0.25) is 0 Å². The molecule has 0 amide bonds. The van der Waals surface area contributed by atoms with Crippen LogP contribution < -0.4 is 4.90 Å². The van der Waals surface area contributed by atoms with Crippen molar-refractivity contribution >= 4 is 49.9 Å². The molecule has 0 fully saturated rings. The molecule has 0 unspecified atom stereocenters. The van der Waals surface area contributed by atoms with E-state index in [-0.39, 0.29) is 0 Å². The van der Waals surface area contributed by atoms with Gasteiger partial charge in [0.05, 0.1) is 5.41 Å². The minimum atomic E-state index is -0.404. The number of fused-ring (bicyclic) bond motifs is 14. The van der Waals surface area contributed by atoms with Crippen molar-refractivity contribution in [3.63, 3.8) is 0 Å². The first-order chi connectivity index (χ1) is 27.3. The molecule has 8 aromatic carbocycles. The first-order valence-electron chi connectivity index (χ1n) is 18.9. The monoisotopic (exact) mass is 700 g/mol. The maximum atomic E-state index is 6.81. The van der Waals surface area contributed by atoms with Gasteiger partial charge in [0.15, 0.2) is 11.4 Å². The van der Waals surface area contributed by atoms with E-state index >= 15 is 0 Å². The molecule has 0 radical (unpaired) electrons. The van der Waals surface area contributed by atoms with E-state index in [2.05, 4.69) is 193 Å². The lowest BCUT2D eigenvalue weighted by Gasteiger charge is -2.31. The van der Waals surface area contributed by atoms with E-state index in [0.717, 1.165) is 50.1 Å². The molecule has 2 heterocycles. The van der Waals surface area contributed by atoms with Gasteiger partial charge in [0.2, 0.25) is 0 Å². The van der Waals surface area contributed by atoms with Gasteiger partial charge >= 0.3 is 0 Å². The normalized spacial score (nSPS) is 13.2. The molecular weight excluding hydrogens is 669 g/mol. The second-order valence-corrected chi connectivity index (χ2v) is 14.7. The zero-order chi connectivity index (χ0) is 36.1. The zero-order valence-corrected chi connectivity index (χ0v) is 29.8. The van der Waals surface area contributed by atoms with Gasteiger partial charge in [-0.25, -0.2) is 4.98 Å². The molecule has 256 valence electrons. The molecular formula is C52H32N2O. The van der Waals surface area contributed by atoms with Crippen LogP contribution in [0.3, 0.4) is 0 Å². The molecule has 2 aliphatic rings. The summed E-state index contributed by atoms with van der Waals surface area (Å²) in [6.45, 7) is 0. The highest BCUT2D eigenvalue weighted by Crippen LogP contribution is 2.63. The van der Waals surface area contributed by atoms with Gasteiger partial charge in [-0.05, 0) is 109 Å². The topological polar surface area (TPSA) is 29.3 Å². The van der Waals surface area contributed by atoms with Gasteiger partial charge in [-0.1, -0.05) is 146 Å². The van der Waals surface area contributed by atoms with Crippen LogP contribution >= 0.6 is 0 Å². The summed E-state index contributed by atoms with van der Waals surface area (Å²) in [6, 6.07) is 68.1. The Bertz CT molecular complexity index is 3110. The number of nitrogens with zero attached hydrogens (tertiary/aromatic N) is 2. The van der Waals surface area contributed by atoms with Crippen LogP contribution in [0.4, 0.5) is 17.2 Å². The van der Waals surface area contributed by atoms with E-state index in [4.69, 9.17) is 9.40 Å². The lowest BCUT2D eigenvalue weighted by atomic mass is 9.70. The first kappa shape index (κ1) is 30.3. The molecule has 2 aromatic heterocycles.